The third-order valence-corrected chi connectivity index (χ3v) is 4.17. The fourth-order valence-electron chi connectivity index (χ4n) is 3.26. The van der Waals surface area contributed by atoms with Gasteiger partial charge < -0.3 is 20.2 Å². The summed E-state index contributed by atoms with van der Waals surface area (Å²) < 4.78 is 0. The molecule has 1 amide bonds. The molecule has 2 aliphatic heterocycles. The van der Waals surface area contributed by atoms with Crippen LogP contribution < -0.4 is 0 Å². The number of carboxylic acid groups (broad SMARTS) is 1. The van der Waals surface area contributed by atoms with Crippen molar-refractivity contribution in [2.75, 3.05) is 0 Å². The highest BCUT2D eigenvalue weighted by Gasteiger charge is 2.60. The Labute approximate surface area is 111 Å². The summed E-state index contributed by atoms with van der Waals surface area (Å²) in [5.41, 5.74) is 0.297. The van der Waals surface area contributed by atoms with Gasteiger partial charge in [-0.25, -0.2) is 4.79 Å². The van der Waals surface area contributed by atoms with Gasteiger partial charge in [0.1, 0.15) is 5.70 Å². The fourth-order valence-corrected chi connectivity index (χ4v) is 3.26. The van der Waals surface area contributed by atoms with Crippen molar-refractivity contribution >= 4 is 11.9 Å². The average molecular weight is 269 g/mol. The van der Waals surface area contributed by atoms with Gasteiger partial charge in [-0.15, -0.1) is 0 Å². The second-order valence-corrected chi connectivity index (χ2v) is 5.29. The largest absolute Gasteiger partial charge is 0.477 e. The van der Waals surface area contributed by atoms with E-state index in [2.05, 4.69) is 0 Å². The molecule has 0 saturated carbocycles. The first-order valence-corrected chi connectivity index (χ1v) is 6.49. The van der Waals surface area contributed by atoms with Crippen LogP contribution in [0.5, 0.6) is 0 Å². The van der Waals surface area contributed by atoms with Crippen LogP contribution in [0.15, 0.2) is 11.3 Å². The van der Waals surface area contributed by atoms with E-state index in [4.69, 9.17) is 0 Å². The minimum atomic E-state index is -1.20. The predicted octanol–water partition coefficient (Wildman–Crippen LogP) is -0.0465. The molecule has 0 aliphatic carbocycles. The molecule has 1 fully saturated rings. The second-order valence-electron chi connectivity index (χ2n) is 5.29. The monoisotopic (exact) mass is 269 g/mol. The Bertz CT molecular complexity index is 456. The van der Waals surface area contributed by atoms with Crippen LogP contribution in [0.1, 0.15) is 27.2 Å². The summed E-state index contributed by atoms with van der Waals surface area (Å²) in [7, 11) is 0. The summed E-state index contributed by atoms with van der Waals surface area (Å²) in [5, 5.41) is 28.9. The van der Waals surface area contributed by atoms with Gasteiger partial charge in [0.25, 0.3) is 0 Å². The number of rotatable bonds is 4. The summed E-state index contributed by atoms with van der Waals surface area (Å²) in [5.74, 6) is -2.40. The van der Waals surface area contributed by atoms with Gasteiger partial charge >= 0.3 is 5.97 Å². The van der Waals surface area contributed by atoms with E-state index < -0.39 is 24.1 Å². The SMILES string of the molecule is CC[C@@H](O)C1=C(C(=O)O)N2C(=O)[C@H]([C@@H](C)O)C2[C@H]1C. The molecule has 1 saturated heterocycles. The number of amides is 1. The Morgan fingerprint density at radius 3 is 2.42 bits per heavy atom. The van der Waals surface area contributed by atoms with Crippen LogP contribution in [0.4, 0.5) is 0 Å². The maximum Gasteiger partial charge on any atom is 0.352 e. The van der Waals surface area contributed by atoms with Crippen LogP contribution in [0.2, 0.25) is 0 Å². The minimum Gasteiger partial charge on any atom is -0.477 e. The molecule has 6 nitrogen and oxygen atoms in total. The summed E-state index contributed by atoms with van der Waals surface area (Å²) in [4.78, 5) is 24.6. The average Bonchev–Trinajstić information content (AvgIpc) is 2.57. The number of aliphatic hydroxyl groups is 2. The van der Waals surface area contributed by atoms with E-state index in [1.807, 2.05) is 0 Å². The van der Waals surface area contributed by atoms with Gasteiger partial charge in [0.2, 0.25) is 5.91 Å². The van der Waals surface area contributed by atoms with Crippen LogP contribution in [-0.2, 0) is 9.59 Å². The van der Waals surface area contributed by atoms with E-state index in [1.54, 1.807) is 13.8 Å². The van der Waals surface area contributed by atoms with Gasteiger partial charge in [-0.3, -0.25) is 4.79 Å². The van der Waals surface area contributed by atoms with Crippen LogP contribution in [0.25, 0.3) is 0 Å². The van der Waals surface area contributed by atoms with Gasteiger partial charge in [-0.2, -0.15) is 0 Å². The first-order valence-electron chi connectivity index (χ1n) is 6.49. The van der Waals surface area contributed by atoms with Gasteiger partial charge in [-0.1, -0.05) is 13.8 Å². The quantitative estimate of drug-likeness (QED) is 0.622. The maximum absolute atomic E-state index is 12.0. The normalized spacial score (nSPS) is 33.0. The van der Waals surface area contributed by atoms with Crippen LogP contribution in [0, 0.1) is 11.8 Å². The zero-order chi connectivity index (χ0) is 14.5. The van der Waals surface area contributed by atoms with Gasteiger partial charge in [0.05, 0.1) is 24.2 Å². The summed E-state index contributed by atoms with van der Waals surface area (Å²) >= 11 is 0. The van der Waals surface area contributed by atoms with Gasteiger partial charge in [0, 0.05) is 5.92 Å². The highest BCUT2D eigenvalue weighted by Crippen LogP contribution is 2.48. The Balaban J connectivity index is 2.43. The standard InChI is InChI=1S/C13H19NO5/c1-4-7(16)8-5(2)10-9(6(3)15)12(17)14(10)11(8)13(18)19/h5-7,9-10,15-16H,4H2,1-3H3,(H,18,19)/t5-,6+,7+,9+,10?/m0/s1. The van der Waals surface area contributed by atoms with E-state index >= 15 is 0 Å². The Hall–Kier alpha value is -1.40. The van der Waals surface area contributed by atoms with E-state index in [-0.39, 0.29) is 23.6 Å². The van der Waals surface area contributed by atoms with Crippen molar-refractivity contribution < 1.29 is 24.9 Å². The van der Waals surface area contributed by atoms with Crippen molar-refractivity contribution in [1.29, 1.82) is 0 Å². The lowest BCUT2D eigenvalue weighted by atomic mass is 9.77. The number of hydrogen-bond acceptors (Lipinski definition) is 4. The van der Waals surface area contributed by atoms with Crippen molar-refractivity contribution in [3.8, 4) is 0 Å². The Morgan fingerprint density at radius 2 is 2.00 bits per heavy atom. The molecule has 2 heterocycles. The van der Waals surface area contributed by atoms with Gasteiger partial charge in [0.15, 0.2) is 0 Å². The number of β-lactam (4-membered cyclic amide) rings is 1. The van der Waals surface area contributed by atoms with E-state index in [0.717, 1.165) is 0 Å². The number of aliphatic hydroxyl groups excluding tert-OH is 2. The fraction of sp³-hybridized carbons (Fsp3) is 0.692. The van der Waals surface area contributed by atoms with Crippen LogP contribution in [0.3, 0.4) is 0 Å². The molecule has 2 rings (SSSR count). The number of carbonyl (C=O) groups is 2. The molecule has 3 N–H and O–H groups in total. The number of carboxylic acids is 1. The molecule has 0 spiro atoms. The summed E-state index contributed by atoms with van der Waals surface area (Å²) in [6.07, 6.45) is -1.29. The Morgan fingerprint density at radius 1 is 1.42 bits per heavy atom. The molecule has 0 aromatic rings. The highest BCUT2D eigenvalue weighted by atomic mass is 16.4. The van der Waals surface area contributed by atoms with Gasteiger partial charge in [-0.05, 0) is 18.9 Å². The van der Waals surface area contributed by atoms with Crippen molar-refractivity contribution in [2.24, 2.45) is 11.8 Å². The molecule has 0 aromatic heterocycles. The minimum absolute atomic E-state index is 0.103. The molecule has 0 bridgehead atoms. The smallest absolute Gasteiger partial charge is 0.352 e. The zero-order valence-corrected chi connectivity index (χ0v) is 11.2. The molecule has 19 heavy (non-hydrogen) atoms. The molecular weight excluding hydrogens is 250 g/mol. The lowest BCUT2D eigenvalue weighted by molar-refractivity contribution is -0.163. The van der Waals surface area contributed by atoms with Crippen molar-refractivity contribution in [3.05, 3.63) is 11.3 Å². The lowest BCUT2D eigenvalue weighted by Gasteiger charge is -2.46. The molecule has 6 heteroatoms. The third-order valence-electron chi connectivity index (χ3n) is 4.17. The maximum atomic E-state index is 12.0. The molecule has 0 aromatic carbocycles. The first kappa shape index (κ1) is 14.0. The highest BCUT2D eigenvalue weighted by molar-refractivity contribution is 6.00. The van der Waals surface area contributed by atoms with Crippen LogP contribution in [-0.4, -0.2) is 50.3 Å². The zero-order valence-electron chi connectivity index (χ0n) is 11.2. The topological polar surface area (TPSA) is 98.1 Å². The van der Waals surface area contributed by atoms with Crippen molar-refractivity contribution in [3.63, 3.8) is 0 Å². The van der Waals surface area contributed by atoms with E-state index in [0.29, 0.717) is 12.0 Å². The van der Waals surface area contributed by atoms with Crippen LogP contribution >= 0.6 is 0 Å². The summed E-state index contributed by atoms with van der Waals surface area (Å²) in [6, 6.07) is -0.352. The predicted molar refractivity (Wildman–Crippen MR) is 65.9 cm³/mol. The Kier molecular flexibility index (Phi) is 3.40. The second kappa shape index (κ2) is 4.61. The molecule has 0 radical (unpaired) electrons. The summed E-state index contributed by atoms with van der Waals surface area (Å²) in [6.45, 7) is 5.08. The number of hydrogen-bond donors (Lipinski definition) is 3. The molecular formula is C13H19NO5. The number of aliphatic carboxylic acids is 1. The number of fused-ring (bicyclic) bond motifs is 1. The molecule has 5 atom stereocenters. The number of carbonyl (C=O) groups excluding carboxylic acids is 1. The number of nitrogens with zero attached hydrogens (tertiary/aromatic N) is 1. The molecule has 106 valence electrons. The molecule has 1 unspecified atom stereocenters. The van der Waals surface area contributed by atoms with E-state index in [9.17, 15) is 24.9 Å². The molecule has 2 aliphatic rings. The van der Waals surface area contributed by atoms with Crippen molar-refractivity contribution in [2.45, 2.75) is 45.4 Å². The van der Waals surface area contributed by atoms with E-state index in [1.165, 1.54) is 11.8 Å². The first-order chi connectivity index (χ1) is 8.82. The van der Waals surface area contributed by atoms with Crippen molar-refractivity contribution in [1.82, 2.24) is 4.90 Å². The third kappa shape index (κ3) is 1.78. The lowest BCUT2D eigenvalue weighted by Crippen LogP contribution is -2.63.